The maximum atomic E-state index is 13.5. The van der Waals surface area contributed by atoms with Crippen molar-refractivity contribution in [2.24, 2.45) is 29.0 Å². The summed E-state index contributed by atoms with van der Waals surface area (Å²) in [4.78, 5) is 125. The molecule has 0 aliphatic rings. The van der Waals surface area contributed by atoms with E-state index in [9.17, 15) is 58.2 Å². The van der Waals surface area contributed by atoms with Crippen LogP contribution in [-0.4, -0.2) is 123 Å². The monoisotopic (exact) mass is 815 g/mol. The number of nitrogens with two attached hydrogens (primary N) is 3. The van der Waals surface area contributed by atoms with Gasteiger partial charge >= 0.3 is 17.9 Å². The summed E-state index contributed by atoms with van der Waals surface area (Å²) in [6.07, 6.45) is -1.31. The van der Waals surface area contributed by atoms with Crippen molar-refractivity contribution >= 4 is 59.3 Å². The highest BCUT2D eigenvalue weighted by Gasteiger charge is 2.34. The van der Waals surface area contributed by atoms with Crippen molar-refractivity contribution in [1.82, 2.24) is 31.9 Å². The Morgan fingerprint density at radius 1 is 0.526 bits per heavy atom. The van der Waals surface area contributed by atoms with Crippen molar-refractivity contribution in [3.8, 4) is 0 Å². The second kappa shape index (κ2) is 26.5. The Hall–Kier alpha value is -5.38. The van der Waals surface area contributed by atoms with Crippen LogP contribution in [-0.2, 0) is 47.9 Å². The summed E-state index contributed by atoms with van der Waals surface area (Å²) < 4.78 is 0. The van der Waals surface area contributed by atoms with Crippen LogP contribution in [0.15, 0.2) is 0 Å². The van der Waals surface area contributed by atoms with E-state index in [1.54, 1.807) is 27.7 Å². The van der Waals surface area contributed by atoms with Gasteiger partial charge in [-0.15, -0.1) is 0 Å². The predicted octanol–water partition coefficient (Wildman–Crippen LogP) is -2.85. The molecule has 324 valence electrons. The number of unbranched alkanes of at least 4 members (excludes halogenated alkanes) is 1. The van der Waals surface area contributed by atoms with Crippen molar-refractivity contribution in [3.63, 3.8) is 0 Å². The fourth-order valence-corrected chi connectivity index (χ4v) is 5.23. The fourth-order valence-electron chi connectivity index (χ4n) is 5.23. The molecular weight excluding hydrogens is 754 g/mol. The van der Waals surface area contributed by atoms with Crippen LogP contribution in [0.5, 0.6) is 0 Å². The van der Waals surface area contributed by atoms with E-state index >= 15 is 0 Å². The van der Waals surface area contributed by atoms with Gasteiger partial charge in [0, 0.05) is 19.3 Å². The molecule has 7 amide bonds. The fraction of sp³-hybridized carbons (Fsp3) is 0.714. The molecule has 0 aliphatic carbocycles. The average molecular weight is 816 g/mol. The number of hydrogen-bond donors (Lipinski definition) is 12. The van der Waals surface area contributed by atoms with Crippen LogP contribution in [0, 0.1) is 11.8 Å². The van der Waals surface area contributed by atoms with Gasteiger partial charge in [-0.05, 0) is 70.3 Å². The van der Waals surface area contributed by atoms with Gasteiger partial charge in [0.25, 0.3) is 0 Å². The lowest BCUT2D eigenvalue weighted by atomic mass is 10.0. The molecule has 0 spiro atoms. The van der Waals surface area contributed by atoms with Crippen LogP contribution in [0.1, 0.15) is 98.8 Å². The molecule has 7 atom stereocenters. The van der Waals surface area contributed by atoms with Gasteiger partial charge in [0.1, 0.15) is 36.3 Å². The zero-order valence-electron chi connectivity index (χ0n) is 33.1. The van der Waals surface area contributed by atoms with Gasteiger partial charge in [-0.1, -0.05) is 27.7 Å². The van der Waals surface area contributed by atoms with Gasteiger partial charge < -0.3 is 64.4 Å². The van der Waals surface area contributed by atoms with E-state index in [4.69, 9.17) is 22.3 Å². The first-order chi connectivity index (χ1) is 26.5. The van der Waals surface area contributed by atoms with Crippen molar-refractivity contribution in [3.05, 3.63) is 0 Å². The Balaban J connectivity index is 6.03. The third-order valence-electron chi connectivity index (χ3n) is 8.50. The molecule has 0 fully saturated rings. The number of carbonyl (C=O) groups is 10. The summed E-state index contributed by atoms with van der Waals surface area (Å²) >= 11 is 0. The van der Waals surface area contributed by atoms with Crippen LogP contribution in [0.4, 0.5) is 0 Å². The number of carboxylic acid groups (broad SMARTS) is 3. The van der Waals surface area contributed by atoms with Gasteiger partial charge in [-0.25, -0.2) is 4.79 Å². The van der Waals surface area contributed by atoms with E-state index in [2.05, 4.69) is 31.9 Å². The Morgan fingerprint density at radius 3 is 1.49 bits per heavy atom. The molecule has 57 heavy (non-hydrogen) atoms. The highest BCUT2D eigenvalue weighted by Crippen LogP contribution is 2.10. The summed E-state index contributed by atoms with van der Waals surface area (Å²) in [7, 11) is 0. The summed E-state index contributed by atoms with van der Waals surface area (Å²) in [6.45, 7) is 8.17. The molecule has 0 saturated heterocycles. The molecular formula is C35H61N9O13. The lowest BCUT2D eigenvalue weighted by molar-refractivity contribution is -0.142. The Kier molecular flexibility index (Phi) is 24.0. The number of primary amides is 1. The minimum atomic E-state index is -1.52. The van der Waals surface area contributed by atoms with E-state index in [0.717, 1.165) is 0 Å². The Morgan fingerprint density at radius 2 is 1.00 bits per heavy atom. The molecule has 22 heteroatoms. The molecule has 0 unspecified atom stereocenters. The molecule has 0 rings (SSSR count). The van der Waals surface area contributed by atoms with Crippen LogP contribution in [0.3, 0.4) is 0 Å². The van der Waals surface area contributed by atoms with E-state index < -0.39 is 127 Å². The van der Waals surface area contributed by atoms with Crippen LogP contribution in [0.25, 0.3) is 0 Å². The van der Waals surface area contributed by atoms with Gasteiger partial charge in [0.15, 0.2) is 0 Å². The second-order valence-electron chi connectivity index (χ2n) is 14.4. The number of amides is 7. The number of hydrogen-bond acceptors (Lipinski definition) is 12. The first kappa shape index (κ1) is 51.6. The molecule has 0 aromatic heterocycles. The van der Waals surface area contributed by atoms with E-state index in [1.807, 2.05) is 0 Å². The number of carboxylic acids is 3. The molecule has 0 aliphatic heterocycles. The van der Waals surface area contributed by atoms with Crippen molar-refractivity contribution < 1.29 is 63.3 Å². The predicted molar refractivity (Wildman–Crippen MR) is 202 cm³/mol. The maximum absolute atomic E-state index is 13.5. The summed E-state index contributed by atoms with van der Waals surface area (Å²) in [5.41, 5.74) is 16.5. The number of nitrogens with one attached hydrogen (secondary N) is 6. The van der Waals surface area contributed by atoms with Crippen molar-refractivity contribution in [2.75, 3.05) is 6.54 Å². The van der Waals surface area contributed by atoms with E-state index in [1.165, 1.54) is 6.92 Å². The number of rotatable bonds is 29. The minimum Gasteiger partial charge on any atom is -0.481 e. The van der Waals surface area contributed by atoms with Crippen molar-refractivity contribution in [1.29, 1.82) is 0 Å². The van der Waals surface area contributed by atoms with Gasteiger partial charge in [-0.3, -0.25) is 43.2 Å². The Labute approximate surface area is 330 Å². The summed E-state index contributed by atoms with van der Waals surface area (Å²) in [5.74, 6) is -10.8. The lowest BCUT2D eigenvalue weighted by Crippen LogP contribution is -2.60. The zero-order valence-corrected chi connectivity index (χ0v) is 33.1. The molecule has 0 heterocycles. The first-order valence-corrected chi connectivity index (χ1v) is 18.7. The quantitative estimate of drug-likeness (QED) is 0.0338. The smallest absolute Gasteiger partial charge is 0.326 e. The van der Waals surface area contributed by atoms with Crippen LogP contribution >= 0.6 is 0 Å². The molecule has 22 nitrogen and oxygen atoms in total. The number of aliphatic carboxylic acids is 3. The van der Waals surface area contributed by atoms with E-state index in [-0.39, 0.29) is 38.0 Å². The highest BCUT2D eigenvalue weighted by atomic mass is 16.4. The molecule has 0 radical (unpaired) electrons. The largest absolute Gasteiger partial charge is 0.481 e. The molecule has 15 N–H and O–H groups in total. The second-order valence-corrected chi connectivity index (χ2v) is 14.4. The normalized spacial score (nSPS) is 14.8. The summed E-state index contributed by atoms with van der Waals surface area (Å²) in [5, 5.41) is 42.2. The molecule has 0 saturated carbocycles. The van der Waals surface area contributed by atoms with Gasteiger partial charge in [0.05, 0.1) is 6.04 Å². The Bertz CT molecular complexity index is 1430. The topological polar surface area (TPSA) is 382 Å². The van der Waals surface area contributed by atoms with Crippen LogP contribution < -0.4 is 49.1 Å². The van der Waals surface area contributed by atoms with Gasteiger partial charge in [0.2, 0.25) is 41.4 Å². The standard InChI is InChI=1S/C35H61N9O13/c1-17(2)16-24(33(54)40-21(10-12-25(38)45)32(53)42-23(35(56)57)8-6-7-15-36)43-29(50)19(5)39-31(52)22(11-14-27(48)49)41-34(55)28(18(3)4)44-30(51)20(37)9-13-26(46)47/h17-24,28H,6-16,36-37H2,1-5H3,(H2,38,45)(H,39,52)(H,40,54)(H,41,55)(H,42,53)(H,43,50)(H,44,51)(H,46,47)(H,48,49)(H,56,57)/t19-,20-,21-,22-,23-,24-,28-/m0/s1. The van der Waals surface area contributed by atoms with Crippen molar-refractivity contribution in [2.45, 2.75) is 141 Å². The summed E-state index contributed by atoms with van der Waals surface area (Å²) in [6, 6.07) is -9.49. The molecule has 0 aromatic carbocycles. The lowest BCUT2D eigenvalue weighted by Gasteiger charge is -2.28. The minimum absolute atomic E-state index is 0.0266. The third kappa shape index (κ3) is 21.5. The first-order valence-electron chi connectivity index (χ1n) is 18.7. The third-order valence-corrected chi connectivity index (χ3v) is 8.50. The maximum Gasteiger partial charge on any atom is 0.326 e. The van der Waals surface area contributed by atoms with Crippen LogP contribution in [0.2, 0.25) is 0 Å². The number of carbonyl (C=O) groups excluding carboxylic acids is 7. The van der Waals surface area contributed by atoms with E-state index in [0.29, 0.717) is 19.4 Å². The molecule has 0 aromatic rings. The highest BCUT2D eigenvalue weighted by molar-refractivity contribution is 5.97. The SMILES string of the molecule is CC(C)C[C@H](NC(=O)[C@H](C)NC(=O)[C@H](CCC(=O)O)NC(=O)[C@@H](NC(=O)[C@@H](N)CCC(=O)O)C(C)C)C(=O)N[C@@H](CCC(N)=O)C(=O)N[C@@H](CCCCN)C(=O)O. The molecule has 0 bridgehead atoms. The zero-order chi connectivity index (χ0) is 44.0. The van der Waals surface area contributed by atoms with Gasteiger partial charge in [-0.2, -0.15) is 0 Å². The average Bonchev–Trinajstić information content (AvgIpc) is 3.10.